The number of nitrogens with one attached hydrogen (secondary N) is 1. The normalized spacial score (nSPS) is 14.6. The third-order valence-electron chi connectivity index (χ3n) is 5.86. The molecular weight excluding hydrogens is 441 g/mol. The zero-order chi connectivity index (χ0) is 24.2. The monoisotopic (exact) mass is 469 g/mol. The molecule has 9 nitrogen and oxygen atoms in total. The van der Waals surface area contributed by atoms with Gasteiger partial charge in [0.1, 0.15) is 17.0 Å². The van der Waals surface area contributed by atoms with Crippen LogP contribution in [0, 0.1) is 12.7 Å². The van der Waals surface area contributed by atoms with Gasteiger partial charge in [0.15, 0.2) is 0 Å². The number of halogens is 1. The second kappa shape index (κ2) is 10.1. The van der Waals surface area contributed by atoms with Gasteiger partial charge in [0, 0.05) is 38.7 Å². The van der Waals surface area contributed by atoms with Gasteiger partial charge in [0.05, 0.1) is 5.69 Å². The van der Waals surface area contributed by atoms with Crippen molar-refractivity contribution < 1.29 is 13.6 Å². The molecule has 2 aromatic heterocycles. The second-order valence-corrected chi connectivity index (χ2v) is 8.27. The Kier molecular flexibility index (Phi) is 6.95. The highest BCUT2D eigenvalue weighted by molar-refractivity contribution is 5.82. The van der Waals surface area contributed by atoms with Gasteiger partial charge in [0.25, 0.3) is 5.56 Å². The summed E-state index contributed by atoms with van der Waals surface area (Å²) in [4.78, 5) is 40.6. The van der Waals surface area contributed by atoms with Crippen molar-refractivity contribution >= 4 is 22.6 Å². The average Bonchev–Trinajstić information content (AvgIpc) is 2.81. The van der Waals surface area contributed by atoms with E-state index < -0.39 is 11.2 Å². The molecule has 3 aromatic rings. The number of hydrogen-bond donors (Lipinski definition) is 1. The van der Waals surface area contributed by atoms with Crippen LogP contribution in [0.15, 0.2) is 43.4 Å². The summed E-state index contributed by atoms with van der Waals surface area (Å²) >= 11 is 0. The lowest BCUT2D eigenvalue weighted by Crippen LogP contribution is -2.49. The van der Waals surface area contributed by atoms with Crippen LogP contribution in [-0.2, 0) is 6.42 Å². The Morgan fingerprint density at radius 2 is 1.97 bits per heavy atom. The van der Waals surface area contributed by atoms with Crippen molar-refractivity contribution in [1.82, 2.24) is 14.9 Å². The Hall–Kier alpha value is -3.69. The molecule has 1 aliphatic rings. The lowest BCUT2D eigenvalue weighted by Gasteiger charge is -2.37. The maximum absolute atomic E-state index is 14.4. The van der Waals surface area contributed by atoms with Crippen LogP contribution in [0.2, 0.25) is 0 Å². The molecule has 10 heteroatoms. The first kappa shape index (κ1) is 23.5. The molecule has 1 aliphatic heterocycles. The molecule has 0 bridgehead atoms. The highest BCUT2D eigenvalue weighted by atomic mass is 19.1. The van der Waals surface area contributed by atoms with Crippen molar-refractivity contribution in [3.63, 3.8) is 0 Å². The molecule has 4 rings (SSSR count). The Bertz CT molecular complexity index is 1330. The van der Waals surface area contributed by atoms with Gasteiger partial charge in [-0.05, 0) is 43.0 Å². The van der Waals surface area contributed by atoms with E-state index in [-0.39, 0.29) is 22.9 Å². The smallest absolute Gasteiger partial charge is 0.337 e. The van der Waals surface area contributed by atoms with E-state index in [1.807, 2.05) is 37.8 Å². The average molecular weight is 470 g/mol. The van der Waals surface area contributed by atoms with E-state index in [9.17, 15) is 14.0 Å². The first-order valence-electron chi connectivity index (χ1n) is 11.5. The number of benzene rings is 1. The van der Waals surface area contributed by atoms with Crippen molar-refractivity contribution in [2.45, 2.75) is 40.0 Å². The van der Waals surface area contributed by atoms with Crippen LogP contribution in [0.1, 0.15) is 37.8 Å². The summed E-state index contributed by atoms with van der Waals surface area (Å²) in [6.45, 7) is 8.30. The minimum absolute atomic E-state index is 0.0796. The number of aromatic amines is 1. The van der Waals surface area contributed by atoms with E-state index in [0.717, 1.165) is 12.0 Å². The molecule has 34 heavy (non-hydrogen) atoms. The zero-order valence-electron chi connectivity index (χ0n) is 19.6. The summed E-state index contributed by atoms with van der Waals surface area (Å²) in [5.41, 5.74) is 0.933. The van der Waals surface area contributed by atoms with E-state index >= 15 is 0 Å². The molecule has 1 N–H and O–H groups in total. The van der Waals surface area contributed by atoms with Gasteiger partial charge in [-0.15, -0.1) is 0 Å². The minimum Gasteiger partial charge on any atom is -0.403 e. The van der Waals surface area contributed by atoms with Crippen LogP contribution < -0.4 is 20.9 Å². The van der Waals surface area contributed by atoms with Crippen LogP contribution in [0.3, 0.4) is 0 Å². The van der Waals surface area contributed by atoms with E-state index in [4.69, 9.17) is 9.25 Å². The van der Waals surface area contributed by atoms with Crippen LogP contribution in [0.5, 0.6) is 6.01 Å². The molecule has 1 aromatic carbocycles. The van der Waals surface area contributed by atoms with Gasteiger partial charge >= 0.3 is 11.6 Å². The number of aryl methyl sites for hydroxylation is 2. The summed E-state index contributed by atoms with van der Waals surface area (Å²) in [6.07, 6.45) is 1.99. The number of anilines is 1. The fraction of sp³-hybridized carbons (Fsp3) is 0.417. The molecule has 3 heterocycles. The van der Waals surface area contributed by atoms with E-state index in [1.54, 1.807) is 6.07 Å². The molecule has 0 atom stereocenters. The Morgan fingerprint density at radius 3 is 2.65 bits per heavy atom. The summed E-state index contributed by atoms with van der Waals surface area (Å²) in [6, 6.07) is 6.41. The van der Waals surface area contributed by atoms with Crippen LogP contribution in [0.4, 0.5) is 10.1 Å². The predicted molar refractivity (Wildman–Crippen MR) is 128 cm³/mol. The van der Waals surface area contributed by atoms with Crippen molar-refractivity contribution in [2.75, 3.05) is 31.1 Å². The lowest BCUT2D eigenvalue weighted by molar-refractivity contribution is 0.288. The fourth-order valence-corrected chi connectivity index (χ4v) is 4.11. The highest BCUT2D eigenvalue weighted by Gasteiger charge is 2.22. The summed E-state index contributed by atoms with van der Waals surface area (Å²) in [5, 5.41) is 4.47. The molecule has 1 saturated heterocycles. The summed E-state index contributed by atoms with van der Waals surface area (Å²) < 4.78 is 19.5. The highest BCUT2D eigenvalue weighted by Crippen LogP contribution is 2.22. The topological polar surface area (TPSA) is 104 Å². The van der Waals surface area contributed by atoms with Crippen LogP contribution >= 0.6 is 0 Å². The maximum Gasteiger partial charge on any atom is 0.337 e. The molecule has 180 valence electrons. The van der Waals surface area contributed by atoms with Gasteiger partial charge in [-0.1, -0.05) is 25.1 Å². The minimum atomic E-state index is -0.577. The zero-order valence-corrected chi connectivity index (χ0v) is 19.6. The number of fused-ring (bicyclic) bond motifs is 1. The van der Waals surface area contributed by atoms with Gasteiger partial charge in [-0.25, -0.2) is 9.18 Å². The first-order chi connectivity index (χ1) is 16.4. The molecule has 0 radical (unpaired) electrons. The Labute approximate surface area is 195 Å². The fourth-order valence-electron chi connectivity index (χ4n) is 4.11. The van der Waals surface area contributed by atoms with Gasteiger partial charge in [0.2, 0.25) is 5.71 Å². The van der Waals surface area contributed by atoms with Crippen molar-refractivity contribution in [3.05, 3.63) is 62.0 Å². The van der Waals surface area contributed by atoms with Gasteiger partial charge in [-0.2, -0.15) is 4.98 Å². The van der Waals surface area contributed by atoms with Gasteiger partial charge in [-0.3, -0.25) is 9.78 Å². The largest absolute Gasteiger partial charge is 0.403 e. The standard InChI is InChI=1S/C24H28FN5O4/c1-4-6-19(30-11-9-29(10-12-30)18-8-7-15(3)13-17(18)25)28-34-24-26-22(32)21-16(5-2)14-20(31)33-23(21)27-24/h7-8,13-14H,4-6,9-12H2,1-3H3,(H,26,27,32)/b28-19+. The molecule has 0 amide bonds. The molecule has 0 saturated carbocycles. The third-order valence-corrected chi connectivity index (χ3v) is 5.86. The lowest BCUT2D eigenvalue weighted by atomic mass is 10.1. The van der Waals surface area contributed by atoms with Crippen molar-refractivity contribution in [1.29, 1.82) is 0 Å². The predicted octanol–water partition coefficient (Wildman–Crippen LogP) is 3.20. The molecule has 0 unspecified atom stereocenters. The van der Waals surface area contributed by atoms with E-state index in [2.05, 4.69) is 20.0 Å². The molecule has 0 aliphatic carbocycles. The number of oxime groups is 1. The maximum atomic E-state index is 14.4. The Balaban J connectivity index is 1.51. The number of amidine groups is 1. The number of piperazine rings is 1. The van der Waals surface area contributed by atoms with Crippen molar-refractivity contribution in [2.24, 2.45) is 5.16 Å². The van der Waals surface area contributed by atoms with Crippen LogP contribution in [0.25, 0.3) is 11.1 Å². The number of rotatable bonds is 6. The Morgan fingerprint density at radius 1 is 1.21 bits per heavy atom. The first-order valence-corrected chi connectivity index (χ1v) is 11.5. The molecule has 1 fully saturated rings. The third kappa shape index (κ3) is 4.95. The quantitative estimate of drug-likeness (QED) is 0.336. The number of hydrogen-bond acceptors (Lipinski definition) is 7. The summed E-state index contributed by atoms with van der Waals surface area (Å²) in [5.74, 6) is 0.487. The summed E-state index contributed by atoms with van der Waals surface area (Å²) in [7, 11) is 0. The number of nitrogens with zero attached hydrogens (tertiary/aromatic N) is 4. The molecular formula is C24H28FN5O4. The van der Waals surface area contributed by atoms with Gasteiger partial charge < -0.3 is 19.1 Å². The number of aromatic nitrogens is 2. The second-order valence-electron chi connectivity index (χ2n) is 8.27. The molecule has 0 spiro atoms. The van der Waals surface area contributed by atoms with Crippen molar-refractivity contribution in [3.8, 4) is 6.01 Å². The van der Waals surface area contributed by atoms with E-state index in [0.29, 0.717) is 56.1 Å². The number of H-pyrrole nitrogens is 1. The van der Waals surface area contributed by atoms with Crippen LogP contribution in [-0.4, -0.2) is 46.9 Å². The SMILES string of the molecule is CCC/C(=N\Oc1nc2oc(=O)cc(CC)c2c(=O)[nH]1)N1CCN(c2ccc(C)cc2F)CC1. The van der Waals surface area contributed by atoms with E-state index in [1.165, 1.54) is 6.07 Å².